The summed E-state index contributed by atoms with van der Waals surface area (Å²) in [6, 6.07) is 4.22. The zero-order valence-electron chi connectivity index (χ0n) is 12.9. The number of ether oxygens (including phenoxy) is 2. The summed E-state index contributed by atoms with van der Waals surface area (Å²) in [7, 11) is 0. The van der Waals surface area contributed by atoms with Crippen molar-refractivity contribution in [3.63, 3.8) is 0 Å². The van der Waals surface area contributed by atoms with Gasteiger partial charge in [0.2, 0.25) is 0 Å². The molecule has 0 bridgehead atoms. The Hall–Kier alpha value is -0.870. The third-order valence-corrected chi connectivity index (χ3v) is 4.40. The van der Waals surface area contributed by atoms with Crippen LogP contribution in [0.1, 0.15) is 39.2 Å². The summed E-state index contributed by atoms with van der Waals surface area (Å²) < 4.78 is 11.3. The summed E-state index contributed by atoms with van der Waals surface area (Å²) in [5.74, 6) is 1.75. The zero-order chi connectivity index (χ0) is 14.6. The lowest BCUT2D eigenvalue weighted by atomic mass is 9.98. The molecule has 20 heavy (non-hydrogen) atoms. The van der Waals surface area contributed by atoms with Crippen molar-refractivity contribution < 1.29 is 9.47 Å². The van der Waals surface area contributed by atoms with E-state index in [0.29, 0.717) is 13.2 Å². The molecule has 0 amide bonds. The first kappa shape index (κ1) is 15.5. The molecule has 0 saturated heterocycles. The van der Waals surface area contributed by atoms with E-state index in [1.165, 1.54) is 23.3 Å². The van der Waals surface area contributed by atoms with Gasteiger partial charge in [0.25, 0.3) is 0 Å². The smallest absolute Gasteiger partial charge is 0.162 e. The van der Waals surface area contributed by atoms with Gasteiger partial charge in [-0.15, -0.1) is 11.8 Å². The van der Waals surface area contributed by atoms with Crippen molar-refractivity contribution in [2.45, 2.75) is 50.6 Å². The van der Waals surface area contributed by atoms with Crippen LogP contribution in [0, 0.1) is 0 Å². The third kappa shape index (κ3) is 3.83. The molecule has 0 saturated carbocycles. The number of nitrogens with one attached hydrogen (secondary N) is 1. The van der Waals surface area contributed by atoms with Crippen molar-refractivity contribution in [2.24, 2.45) is 0 Å². The summed E-state index contributed by atoms with van der Waals surface area (Å²) >= 11 is 1.76. The lowest BCUT2D eigenvalue weighted by Crippen LogP contribution is -2.38. The molecule has 1 aromatic carbocycles. The lowest BCUT2D eigenvalue weighted by molar-refractivity contribution is 0.170. The van der Waals surface area contributed by atoms with Crippen LogP contribution in [0.4, 0.5) is 0 Å². The van der Waals surface area contributed by atoms with E-state index in [0.717, 1.165) is 18.0 Å². The number of hydrogen-bond acceptors (Lipinski definition) is 4. The summed E-state index contributed by atoms with van der Waals surface area (Å²) in [6.07, 6.45) is 4.47. The monoisotopic (exact) mass is 295 g/mol. The van der Waals surface area contributed by atoms with Crippen LogP contribution in [-0.2, 0) is 6.54 Å². The number of hydrogen-bond donors (Lipinski definition) is 1. The molecule has 0 radical (unpaired) electrons. The van der Waals surface area contributed by atoms with Crippen LogP contribution in [0.25, 0.3) is 0 Å². The molecule has 0 unspecified atom stereocenters. The Labute approximate surface area is 126 Å². The minimum atomic E-state index is 0.164. The Kier molecular flexibility index (Phi) is 5.22. The minimum Gasteiger partial charge on any atom is -0.486 e. The van der Waals surface area contributed by atoms with Gasteiger partial charge in [-0.1, -0.05) is 13.3 Å². The summed E-state index contributed by atoms with van der Waals surface area (Å²) in [6.45, 7) is 8.88. The van der Waals surface area contributed by atoms with Gasteiger partial charge < -0.3 is 14.8 Å². The fourth-order valence-corrected chi connectivity index (χ4v) is 3.11. The highest BCUT2D eigenvalue weighted by Gasteiger charge is 2.19. The predicted molar refractivity (Wildman–Crippen MR) is 85.0 cm³/mol. The lowest BCUT2D eigenvalue weighted by Gasteiger charge is -2.27. The molecule has 2 rings (SSSR count). The van der Waals surface area contributed by atoms with E-state index in [2.05, 4.69) is 44.5 Å². The second-order valence-electron chi connectivity index (χ2n) is 5.80. The Balaban J connectivity index is 2.14. The van der Waals surface area contributed by atoms with Crippen molar-refractivity contribution in [1.29, 1.82) is 0 Å². The Morgan fingerprint density at radius 3 is 2.45 bits per heavy atom. The van der Waals surface area contributed by atoms with Crippen molar-refractivity contribution in [3.8, 4) is 11.5 Å². The average Bonchev–Trinajstić information content (AvgIpc) is 2.44. The van der Waals surface area contributed by atoms with Crippen molar-refractivity contribution in [2.75, 3.05) is 19.5 Å². The fourth-order valence-electron chi connectivity index (χ4n) is 2.49. The molecular weight excluding hydrogens is 270 g/mol. The highest BCUT2D eigenvalue weighted by molar-refractivity contribution is 7.98. The van der Waals surface area contributed by atoms with E-state index in [1.54, 1.807) is 11.8 Å². The molecule has 1 N–H and O–H groups in total. The molecule has 0 aliphatic carbocycles. The molecule has 0 atom stereocenters. The summed E-state index contributed by atoms with van der Waals surface area (Å²) in [4.78, 5) is 1.26. The highest BCUT2D eigenvalue weighted by Crippen LogP contribution is 2.36. The van der Waals surface area contributed by atoms with Gasteiger partial charge in [0, 0.05) is 17.0 Å². The number of thioether (sulfide) groups is 1. The molecule has 0 aromatic heterocycles. The molecule has 3 nitrogen and oxygen atoms in total. The van der Waals surface area contributed by atoms with Gasteiger partial charge >= 0.3 is 0 Å². The van der Waals surface area contributed by atoms with Crippen LogP contribution in [0.5, 0.6) is 11.5 Å². The van der Waals surface area contributed by atoms with Crippen LogP contribution in [0.15, 0.2) is 17.0 Å². The maximum atomic E-state index is 5.68. The Bertz CT molecular complexity index is 460. The molecule has 1 heterocycles. The second-order valence-corrected chi connectivity index (χ2v) is 6.64. The number of fused-ring (bicyclic) bond motifs is 1. The minimum absolute atomic E-state index is 0.164. The molecule has 112 valence electrons. The van der Waals surface area contributed by atoms with Crippen LogP contribution in [0.3, 0.4) is 0 Å². The first-order valence-corrected chi connectivity index (χ1v) is 8.50. The van der Waals surface area contributed by atoms with Gasteiger partial charge in [0.1, 0.15) is 13.2 Å². The zero-order valence-corrected chi connectivity index (χ0v) is 13.7. The average molecular weight is 295 g/mol. The third-order valence-electron chi connectivity index (χ3n) is 3.58. The van der Waals surface area contributed by atoms with E-state index < -0.39 is 0 Å². The fraction of sp³-hybridized carbons (Fsp3) is 0.625. The summed E-state index contributed by atoms with van der Waals surface area (Å²) in [5.41, 5.74) is 1.45. The predicted octanol–water partition coefficient (Wildman–Crippen LogP) is 3.85. The number of rotatable bonds is 6. The first-order chi connectivity index (χ1) is 9.55. The van der Waals surface area contributed by atoms with Crippen molar-refractivity contribution >= 4 is 11.8 Å². The standard InChI is InChI=1S/C16H25NO2S/c1-5-6-16(2,3)17-11-12-9-13-14(10-15(12)20-4)19-8-7-18-13/h9-10,17H,5-8,11H2,1-4H3. The molecule has 1 aliphatic rings. The van der Waals surface area contributed by atoms with E-state index >= 15 is 0 Å². The van der Waals surface area contributed by atoms with E-state index in [9.17, 15) is 0 Å². The van der Waals surface area contributed by atoms with Crippen LogP contribution in [0.2, 0.25) is 0 Å². The quantitative estimate of drug-likeness (QED) is 0.808. The maximum absolute atomic E-state index is 5.68. The summed E-state index contributed by atoms with van der Waals surface area (Å²) in [5, 5.41) is 3.65. The van der Waals surface area contributed by atoms with Crippen LogP contribution >= 0.6 is 11.8 Å². The van der Waals surface area contributed by atoms with E-state index in [-0.39, 0.29) is 5.54 Å². The number of benzene rings is 1. The first-order valence-electron chi connectivity index (χ1n) is 7.27. The van der Waals surface area contributed by atoms with Gasteiger partial charge in [-0.2, -0.15) is 0 Å². The highest BCUT2D eigenvalue weighted by atomic mass is 32.2. The van der Waals surface area contributed by atoms with Crippen LogP contribution < -0.4 is 14.8 Å². The molecular formula is C16H25NO2S. The second kappa shape index (κ2) is 6.72. The van der Waals surface area contributed by atoms with E-state index in [1.807, 2.05) is 0 Å². The molecule has 0 fully saturated rings. The molecule has 1 aromatic rings. The topological polar surface area (TPSA) is 30.5 Å². The van der Waals surface area contributed by atoms with Gasteiger partial charge in [-0.3, -0.25) is 0 Å². The van der Waals surface area contributed by atoms with Crippen molar-refractivity contribution in [3.05, 3.63) is 17.7 Å². The molecule has 1 aliphatic heterocycles. The Morgan fingerprint density at radius 2 is 1.85 bits per heavy atom. The molecule has 4 heteroatoms. The van der Waals surface area contributed by atoms with Gasteiger partial charge in [0.15, 0.2) is 11.5 Å². The largest absolute Gasteiger partial charge is 0.486 e. The SMILES string of the molecule is CCCC(C)(C)NCc1cc2c(cc1SC)OCCO2. The van der Waals surface area contributed by atoms with E-state index in [4.69, 9.17) is 9.47 Å². The van der Waals surface area contributed by atoms with Crippen molar-refractivity contribution in [1.82, 2.24) is 5.32 Å². The molecule has 0 spiro atoms. The van der Waals surface area contributed by atoms with Crippen LogP contribution in [-0.4, -0.2) is 25.0 Å². The normalized spacial score (nSPS) is 14.4. The maximum Gasteiger partial charge on any atom is 0.162 e. The Morgan fingerprint density at radius 1 is 1.20 bits per heavy atom. The van der Waals surface area contributed by atoms with Gasteiger partial charge in [-0.05, 0) is 44.2 Å². The van der Waals surface area contributed by atoms with Gasteiger partial charge in [-0.25, -0.2) is 0 Å². The van der Waals surface area contributed by atoms with Gasteiger partial charge in [0.05, 0.1) is 0 Å².